The number of alkyl halides is 3. The van der Waals surface area contributed by atoms with Crippen LogP contribution in [0.5, 0.6) is 0 Å². The van der Waals surface area contributed by atoms with Gasteiger partial charge in [-0.15, -0.1) is 0 Å². The molecule has 0 unspecified atom stereocenters. The molecule has 8 heteroatoms. The number of carboxylic acid groups (broad SMARTS) is 1. The third-order valence-corrected chi connectivity index (χ3v) is 2.48. The first-order chi connectivity index (χ1) is 8.36. The van der Waals surface area contributed by atoms with Crippen LogP contribution in [0.25, 0.3) is 5.65 Å². The molecule has 0 aliphatic rings. The summed E-state index contributed by atoms with van der Waals surface area (Å²) in [5.74, 6) is -1.69. The number of aromatic nitrogens is 3. The second-order valence-corrected chi connectivity index (χ2v) is 3.58. The zero-order chi connectivity index (χ0) is 13.5. The number of rotatable bonds is 2. The zero-order valence-corrected chi connectivity index (χ0v) is 9.19. The molecule has 0 atom stereocenters. The molecule has 0 amide bonds. The summed E-state index contributed by atoms with van der Waals surface area (Å²) in [6.45, 7) is 1.75. The van der Waals surface area contributed by atoms with Crippen LogP contribution in [0.2, 0.25) is 0 Å². The average molecular weight is 259 g/mol. The minimum absolute atomic E-state index is 0.0230. The number of aromatic carboxylic acids is 1. The summed E-state index contributed by atoms with van der Waals surface area (Å²) in [6, 6.07) is 0. The van der Waals surface area contributed by atoms with Gasteiger partial charge in [0.05, 0.1) is 6.20 Å². The van der Waals surface area contributed by atoms with E-state index in [1.54, 1.807) is 6.92 Å². The lowest BCUT2D eigenvalue weighted by atomic mass is 10.2. The van der Waals surface area contributed by atoms with Gasteiger partial charge in [-0.25, -0.2) is 14.3 Å². The van der Waals surface area contributed by atoms with Crippen LogP contribution in [0.3, 0.4) is 0 Å². The van der Waals surface area contributed by atoms with Crippen LogP contribution in [-0.2, 0) is 12.6 Å². The highest BCUT2D eigenvalue weighted by Gasteiger charge is 2.39. The second-order valence-electron chi connectivity index (χ2n) is 3.58. The van der Waals surface area contributed by atoms with Crippen molar-refractivity contribution in [1.29, 1.82) is 0 Å². The molecule has 5 nitrogen and oxygen atoms in total. The summed E-state index contributed by atoms with van der Waals surface area (Å²) in [5.41, 5.74) is -1.69. The van der Waals surface area contributed by atoms with Crippen molar-refractivity contribution in [1.82, 2.24) is 14.6 Å². The Morgan fingerprint density at radius 1 is 1.44 bits per heavy atom. The van der Waals surface area contributed by atoms with Gasteiger partial charge in [-0.2, -0.15) is 18.3 Å². The monoisotopic (exact) mass is 259 g/mol. The Bertz CT molecular complexity index is 619. The molecule has 96 valence electrons. The molecule has 0 aromatic carbocycles. The van der Waals surface area contributed by atoms with Crippen LogP contribution in [-0.4, -0.2) is 25.7 Å². The van der Waals surface area contributed by atoms with Gasteiger partial charge < -0.3 is 5.11 Å². The van der Waals surface area contributed by atoms with Gasteiger partial charge in [0.1, 0.15) is 5.56 Å². The number of aryl methyl sites for hydroxylation is 1. The Morgan fingerprint density at radius 3 is 2.61 bits per heavy atom. The molecule has 2 heterocycles. The first kappa shape index (κ1) is 12.3. The molecule has 2 rings (SSSR count). The van der Waals surface area contributed by atoms with Gasteiger partial charge in [0.15, 0.2) is 11.3 Å². The SMILES string of the molecule is CCc1cnn2c(C(F)(F)F)c(C(=O)O)cnc12. The Morgan fingerprint density at radius 2 is 2.11 bits per heavy atom. The van der Waals surface area contributed by atoms with E-state index in [-0.39, 0.29) is 5.65 Å². The number of nitrogens with zero attached hydrogens (tertiary/aromatic N) is 3. The molecular weight excluding hydrogens is 251 g/mol. The molecule has 0 saturated heterocycles. The van der Waals surface area contributed by atoms with Crippen molar-refractivity contribution in [3.8, 4) is 0 Å². The van der Waals surface area contributed by atoms with E-state index in [0.717, 1.165) is 0 Å². The zero-order valence-electron chi connectivity index (χ0n) is 9.19. The van der Waals surface area contributed by atoms with Crippen molar-refractivity contribution in [2.24, 2.45) is 0 Å². The van der Waals surface area contributed by atoms with E-state index in [4.69, 9.17) is 5.11 Å². The molecule has 0 aliphatic carbocycles. The maximum absolute atomic E-state index is 12.9. The summed E-state index contributed by atoms with van der Waals surface area (Å²) >= 11 is 0. The summed E-state index contributed by atoms with van der Waals surface area (Å²) < 4.78 is 39.2. The van der Waals surface area contributed by atoms with Crippen LogP contribution in [0.15, 0.2) is 12.4 Å². The predicted octanol–water partition coefficient (Wildman–Crippen LogP) is 2.01. The van der Waals surface area contributed by atoms with E-state index < -0.39 is 23.4 Å². The summed E-state index contributed by atoms with van der Waals surface area (Å²) in [4.78, 5) is 14.5. The van der Waals surface area contributed by atoms with Crippen molar-refractivity contribution in [3.63, 3.8) is 0 Å². The third-order valence-electron chi connectivity index (χ3n) is 2.48. The molecule has 0 radical (unpaired) electrons. The smallest absolute Gasteiger partial charge is 0.434 e. The number of carbonyl (C=O) groups is 1. The first-order valence-corrected chi connectivity index (χ1v) is 5.02. The normalized spacial score (nSPS) is 12.0. The quantitative estimate of drug-likeness (QED) is 0.895. The van der Waals surface area contributed by atoms with Gasteiger partial charge in [0.25, 0.3) is 0 Å². The summed E-state index contributed by atoms with van der Waals surface area (Å²) in [6.07, 6.45) is -2.39. The number of fused-ring (bicyclic) bond motifs is 1. The van der Waals surface area contributed by atoms with Gasteiger partial charge in [0, 0.05) is 11.8 Å². The van der Waals surface area contributed by atoms with Gasteiger partial charge in [-0.3, -0.25) is 0 Å². The van der Waals surface area contributed by atoms with Crippen molar-refractivity contribution < 1.29 is 23.1 Å². The van der Waals surface area contributed by atoms with E-state index in [1.807, 2.05) is 0 Å². The van der Waals surface area contributed by atoms with Gasteiger partial charge in [0.2, 0.25) is 0 Å². The van der Waals surface area contributed by atoms with Crippen LogP contribution in [0.1, 0.15) is 28.5 Å². The highest BCUT2D eigenvalue weighted by Crippen LogP contribution is 2.32. The Hall–Kier alpha value is -2.12. The second kappa shape index (κ2) is 3.97. The van der Waals surface area contributed by atoms with Crippen LogP contribution < -0.4 is 0 Å². The number of hydrogen-bond donors (Lipinski definition) is 1. The van der Waals surface area contributed by atoms with E-state index in [9.17, 15) is 18.0 Å². The molecule has 1 N–H and O–H groups in total. The van der Waals surface area contributed by atoms with Crippen LogP contribution in [0, 0.1) is 0 Å². The van der Waals surface area contributed by atoms with E-state index in [2.05, 4.69) is 10.1 Å². The average Bonchev–Trinajstić information content (AvgIpc) is 2.68. The van der Waals surface area contributed by atoms with E-state index in [1.165, 1.54) is 6.20 Å². The van der Waals surface area contributed by atoms with Crippen molar-refractivity contribution in [2.75, 3.05) is 0 Å². The largest absolute Gasteiger partial charge is 0.478 e. The predicted molar refractivity (Wildman–Crippen MR) is 54.3 cm³/mol. The highest BCUT2D eigenvalue weighted by atomic mass is 19.4. The highest BCUT2D eigenvalue weighted by molar-refractivity contribution is 5.89. The molecule has 2 aromatic heterocycles. The fraction of sp³-hybridized carbons (Fsp3) is 0.300. The fourth-order valence-electron chi connectivity index (χ4n) is 1.66. The lowest BCUT2D eigenvalue weighted by molar-refractivity contribution is -0.143. The molecule has 0 bridgehead atoms. The Balaban J connectivity index is 2.86. The molecular formula is C10H8F3N3O2. The fourth-order valence-corrected chi connectivity index (χ4v) is 1.66. The molecule has 18 heavy (non-hydrogen) atoms. The molecule has 0 spiro atoms. The lowest BCUT2D eigenvalue weighted by Crippen LogP contribution is -2.19. The molecule has 0 aliphatic heterocycles. The molecule has 0 saturated carbocycles. The van der Waals surface area contributed by atoms with E-state index in [0.29, 0.717) is 22.7 Å². The van der Waals surface area contributed by atoms with Gasteiger partial charge in [-0.05, 0) is 6.42 Å². The molecule has 2 aromatic rings. The number of hydrogen-bond acceptors (Lipinski definition) is 3. The Labute approximate surface area is 98.9 Å². The van der Waals surface area contributed by atoms with Crippen molar-refractivity contribution >= 4 is 11.6 Å². The van der Waals surface area contributed by atoms with Gasteiger partial charge in [-0.1, -0.05) is 6.92 Å². The number of halogens is 3. The number of carboxylic acids is 1. The van der Waals surface area contributed by atoms with E-state index >= 15 is 0 Å². The van der Waals surface area contributed by atoms with Crippen molar-refractivity contribution in [3.05, 3.63) is 29.2 Å². The minimum Gasteiger partial charge on any atom is -0.478 e. The topological polar surface area (TPSA) is 67.5 Å². The van der Waals surface area contributed by atoms with Crippen LogP contribution in [0.4, 0.5) is 13.2 Å². The third kappa shape index (κ3) is 1.79. The maximum atomic E-state index is 12.9. The first-order valence-electron chi connectivity index (χ1n) is 5.02. The minimum atomic E-state index is -4.81. The summed E-state index contributed by atoms with van der Waals surface area (Å²) in [7, 11) is 0. The van der Waals surface area contributed by atoms with Gasteiger partial charge >= 0.3 is 12.1 Å². The summed E-state index contributed by atoms with van der Waals surface area (Å²) in [5, 5.41) is 12.3. The lowest BCUT2D eigenvalue weighted by Gasteiger charge is -2.11. The van der Waals surface area contributed by atoms with Crippen molar-refractivity contribution in [2.45, 2.75) is 19.5 Å². The maximum Gasteiger partial charge on any atom is 0.434 e. The Kier molecular flexibility index (Phi) is 2.72. The standard InChI is InChI=1S/C10H8F3N3O2/c1-2-5-3-15-16-7(10(11,12)13)6(9(17)18)4-14-8(5)16/h3-4H,2H2,1H3,(H,17,18). The molecule has 0 fully saturated rings. The van der Waals surface area contributed by atoms with Crippen LogP contribution >= 0.6 is 0 Å².